The third-order valence-corrected chi connectivity index (χ3v) is 5.25. The minimum Gasteiger partial charge on any atom is -0.497 e. The minimum atomic E-state index is -0.399. The summed E-state index contributed by atoms with van der Waals surface area (Å²) in [5, 5.41) is 1.07. The minimum absolute atomic E-state index is 0.399. The van der Waals surface area contributed by atoms with Crippen LogP contribution in [0.5, 0.6) is 5.75 Å². The molecule has 1 atom stereocenters. The first kappa shape index (κ1) is 13.6. The van der Waals surface area contributed by atoms with E-state index in [1.54, 1.807) is 18.4 Å². The van der Waals surface area contributed by atoms with Crippen LogP contribution in [0, 0.1) is 0 Å². The molecule has 0 saturated heterocycles. The summed E-state index contributed by atoms with van der Waals surface area (Å²) in [5.41, 5.74) is 8.61. The van der Waals surface area contributed by atoms with Crippen LogP contribution in [0.15, 0.2) is 24.3 Å². The van der Waals surface area contributed by atoms with Gasteiger partial charge in [0, 0.05) is 4.88 Å². The SMILES string of the molecule is COc1ccc(CC(C)(N)c2nc3c(s2)CCC3)cc1. The van der Waals surface area contributed by atoms with Crippen molar-refractivity contribution in [2.75, 3.05) is 7.11 Å². The van der Waals surface area contributed by atoms with Crippen molar-refractivity contribution in [3.05, 3.63) is 45.4 Å². The number of nitrogens with two attached hydrogens (primary N) is 1. The Morgan fingerprint density at radius 3 is 2.70 bits per heavy atom. The van der Waals surface area contributed by atoms with E-state index in [1.165, 1.54) is 29.0 Å². The second-order valence-corrected chi connectivity index (χ2v) is 6.77. The number of aromatic nitrogens is 1. The highest BCUT2D eigenvalue weighted by atomic mass is 32.1. The molecule has 0 amide bonds. The molecule has 1 aromatic carbocycles. The molecule has 3 nitrogen and oxygen atoms in total. The monoisotopic (exact) mass is 288 g/mol. The van der Waals surface area contributed by atoms with Crippen LogP contribution in [0.25, 0.3) is 0 Å². The van der Waals surface area contributed by atoms with Gasteiger partial charge in [-0.15, -0.1) is 11.3 Å². The van der Waals surface area contributed by atoms with Crippen LogP contribution in [-0.2, 0) is 24.8 Å². The summed E-state index contributed by atoms with van der Waals surface area (Å²) in [4.78, 5) is 6.20. The van der Waals surface area contributed by atoms with E-state index in [-0.39, 0.29) is 0 Å². The summed E-state index contributed by atoms with van der Waals surface area (Å²) in [5.74, 6) is 0.876. The summed E-state index contributed by atoms with van der Waals surface area (Å²) in [6.07, 6.45) is 4.33. The zero-order valence-corrected chi connectivity index (χ0v) is 12.8. The van der Waals surface area contributed by atoms with Crippen LogP contribution < -0.4 is 10.5 Å². The summed E-state index contributed by atoms with van der Waals surface area (Å²) in [7, 11) is 1.68. The van der Waals surface area contributed by atoms with E-state index < -0.39 is 5.54 Å². The van der Waals surface area contributed by atoms with Crippen molar-refractivity contribution in [2.24, 2.45) is 5.73 Å². The van der Waals surface area contributed by atoms with Gasteiger partial charge >= 0.3 is 0 Å². The number of hydrogen-bond acceptors (Lipinski definition) is 4. The fourth-order valence-electron chi connectivity index (χ4n) is 2.68. The summed E-state index contributed by atoms with van der Waals surface area (Å²) in [6, 6.07) is 8.11. The van der Waals surface area contributed by atoms with Crippen molar-refractivity contribution < 1.29 is 4.74 Å². The predicted molar refractivity (Wildman–Crippen MR) is 82.4 cm³/mol. The molecule has 3 rings (SSSR count). The van der Waals surface area contributed by atoms with E-state index >= 15 is 0 Å². The standard InChI is InChI=1S/C16H20N2OS/c1-16(17,10-11-6-8-12(19-2)9-7-11)15-18-13-4-3-5-14(13)20-15/h6-9H,3-5,10,17H2,1-2H3. The topological polar surface area (TPSA) is 48.1 Å². The van der Waals surface area contributed by atoms with Crippen molar-refractivity contribution in [1.29, 1.82) is 0 Å². The summed E-state index contributed by atoms with van der Waals surface area (Å²) < 4.78 is 5.18. The van der Waals surface area contributed by atoms with Gasteiger partial charge in [0.05, 0.1) is 18.3 Å². The van der Waals surface area contributed by atoms with Crippen molar-refractivity contribution in [1.82, 2.24) is 4.98 Å². The van der Waals surface area contributed by atoms with Crippen LogP contribution in [0.4, 0.5) is 0 Å². The molecule has 0 bridgehead atoms. The predicted octanol–water partition coefficient (Wildman–Crippen LogP) is 3.06. The van der Waals surface area contributed by atoms with Gasteiger partial charge < -0.3 is 10.5 Å². The molecule has 4 heteroatoms. The summed E-state index contributed by atoms with van der Waals surface area (Å²) >= 11 is 1.80. The van der Waals surface area contributed by atoms with Crippen molar-refractivity contribution in [2.45, 2.75) is 38.1 Å². The van der Waals surface area contributed by atoms with Crippen LogP contribution in [0.2, 0.25) is 0 Å². The molecule has 0 spiro atoms. The van der Waals surface area contributed by atoms with Gasteiger partial charge in [-0.3, -0.25) is 0 Å². The normalized spacial score (nSPS) is 16.8. The second-order valence-electron chi connectivity index (χ2n) is 5.68. The third-order valence-electron chi connectivity index (χ3n) is 3.81. The Hall–Kier alpha value is -1.39. The Balaban J connectivity index is 1.79. The number of rotatable bonds is 4. The van der Waals surface area contributed by atoms with Crippen LogP contribution in [0.1, 0.15) is 34.5 Å². The van der Waals surface area contributed by atoms with Gasteiger partial charge in [-0.25, -0.2) is 4.98 Å². The average Bonchev–Trinajstić information content (AvgIpc) is 3.00. The zero-order valence-electron chi connectivity index (χ0n) is 12.0. The van der Waals surface area contributed by atoms with Gasteiger partial charge in [0.2, 0.25) is 0 Å². The lowest BCUT2D eigenvalue weighted by molar-refractivity contribution is 0.414. The summed E-state index contributed by atoms with van der Waals surface area (Å²) in [6.45, 7) is 2.07. The van der Waals surface area contributed by atoms with Crippen LogP contribution in [0.3, 0.4) is 0 Å². The van der Waals surface area contributed by atoms with Gasteiger partial charge in [0.25, 0.3) is 0 Å². The maximum absolute atomic E-state index is 6.52. The number of benzene rings is 1. The van der Waals surface area contributed by atoms with Gasteiger partial charge in [-0.1, -0.05) is 12.1 Å². The molecular formula is C16H20N2OS. The Kier molecular flexibility index (Phi) is 3.52. The van der Waals surface area contributed by atoms with E-state index in [0.717, 1.165) is 23.6 Å². The van der Waals surface area contributed by atoms with E-state index in [2.05, 4.69) is 19.1 Å². The quantitative estimate of drug-likeness (QED) is 0.940. The number of nitrogens with zero attached hydrogens (tertiary/aromatic N) is 1. The van der Waals surface area contributed by atoms with E-state index in [9.17, 15) is 0 Å². The Bertz CT molecular complexity index is 580. The number of aryl methyl sites for hydroxylation is 2. The van der Waals surface area contributed by atoms with Gasteiger partial charge in [-0.2, -0.15) is 0 Å². The molecule has 1 aliphatic carbocycles. The largest absolute Gasteiger partial charge is 0.497 e. The maximum atomic E-state index is 6.52. The van der Waals surface area contributed by atoms with Crippen molar-refractivity contribution >= 4 is 11.3 Å². The molecule has 20 heavy (non-hydrogen) atoms. The van der Waals surface area contributed by atoms with Gasteiger partial charge in [-0.05, 0) is 50.3 Å². The molecule has 2 aromatic rings. The molecule has 1 unspecified atom stereocenters. The van der Waals surface area contributed by atoms with Crippen LogP contribution >= 0.6 is 11.3 Å². The number of methoxy groups -OCH3 is 1. The van der Waals surface area contributed by atoms with Crippen LogP contribution in [-0.4, -0.2) is 12.1 Å². The molecule has 2 N–H and O–H groups in total. The lowest BCUT2D eigenvalue weighted by Gasteiger charge is -2.22. The van der Waals surface area contributed by atoms with Crippen molar-refractivity contribution in [3.8, 4) is 5.75 Å². The highest BCUT2D eigenvalue weighted by molar-refractivity contribution is 7.12. The highest BCUT2D eigenvalue weighted by Crippen LogP contribution is 2.33. The number of thiazole rings is 1. The molecule has 1 aromatic heterocycles. The van der Waals surface area contributed by atoms with E-state index in [4.69, 9.17) is 15.5 Å². The van der Waals surface area contributed by atoms with Gasteiger partial charge in [0.1, 0.15) is 10.8 Å². The third kappa shape index (κ3) is 2.58. The Morgan fingerprint density at radius 1 is 1.30 bits per heavy atom. The van der Waals surface area contributed by atoms with Crippen molar-refractivity contribution in [3.63, 3.8) is 0 Å². The Morgan fingerprint density at radius 2 is 2.05 bits per heavy atom. The fraction of sp³-hybridized carbons (Fsp3) is 0.438. The highest BCUT2D eigenvalue weighted by Gasteiger charge is 2.28. The maximum Gasteiger partial charge on any atom is 0.118 e. The molecular weight excluding hydrogens is 268 g/mol. The molecule has 106 valence electrons. The van der Waals surface area contributed by atoms with Gasteiger partial charge in [0.15, 0.2) is 0 Å². The molecule has 0 fully saturated rings. The molecule has 0 saturated carbocycles. The number of hydrogen-bond donors (Lipinski definition) is 1. The fourth-order valence-corrected chi connectivity index (χ4v) is 3.88. The van der Waals surface area contributed by atoms with E-state index in [1.807, 2.05) is 12.1 Å². The molecule has 1 heterocycles. The lowest BCUT2D eigenvalue weighted by Crippen LogP contribution is -2.35. The number of fused-ring (bicyclic) bond motifs is 1. The first-order chi connectivity index (χ1) is 9.58. The first-order valence-electron chi connectivity index (χ1n) is 6.99. The molecule has 1 aliphatic rings. The Labute approximate surface area is 123 Å². The molecule has 0 radical (unpaired) electrons. The first-order valence-corrected chi connectivity index (χ1v) is 7.81. The smallest absolute Gasteiger partial charge is 0.118 e. The second kappa shape index (κ2) is 5.19. The van der Waals surface area contributed by atoms with E-state index in [0.29, 0.717) is 0 Å². The lowest BCUT2D eigenvalue weighted by atomic mass is 9.94. The zero-order chi connectivity index (χ0) is 14.2. The molecule has 0 aliphatic heterocycles. The number of ether oxygens (including phenoxy) is 1. The average molecular weight is 288 g/mol.